The third-order valence-corrected chi connectivity index (χ3v) is 4.34. The van der Waals surface area contributed by atoms with Crippen molar-refractivity contribution in [1.82, 2.24) is 5.32 Å². The van der Waals surface area contributed by atoms with Crippen LogP contribution in [0.15, 0.2) is 24.3 Å². The van der Waals surface area contributed by atoms with Gasteiger partial charge in [0.2, 0.25) is 5.91 Å². The Balaban J connectivity index is 0.00000484. The number of hydrogen-bond acceptors (Lipinski definition) is 3. The van der Waals surface area contributed by atoms with Crippen molar-refractivity contribution in [3.8, 4) is 5.75 Å². The van der Waals surface area contributed by atoms with Crippen LogP contribution in [0.2, 0.25) is 0 Å². The largest absolute Gasteiger partial charge is 0.496 e. The lowest BCUT2D eigenvalue weighted by Gasteiger charge is -2.27. The summed E-state index contributed by atoms with van der Waals surface area (Å²) < 4.78 is 5.36. The number of benzene rings is 1. The first kappa shape index (κ1) is 21.7. The van der Waals surface area contributed by atoms with Gasteiger partial charge in [0.15, 0.2) is 0 Å². The minimum absolute atomic E-state index is 0. The van der Waals surface area contributed by atoms with E-state index in [1.54, 1.807) is 7.11 Å². The van der Waals surface area contributed by atoms with Crippen molar-refractivity contribution in [2.45, 2.75) is 52.0 Å². The summed E-state index contributed by atoms with van der Waals surface area (Å²) in [5, 5.41) is 2.98. The number of ether oxygens (including phenoxy) is 1. The molecule has 0 aliphatic rings. The molecule has 0 saturated carbocycles. The minimum Gasteiger partial charge on any atom is -0.496 e. The first-order chi connectivity index (χ1) is 10.4. The van der Waals surface area contributed by atoms with E-state index in [1.807, 2.05) is 24.3 Å². The average Bonchev–Trinajstić information content (AvgIpc) is 2.53. The Hall–Kier alpha value is -1.26. The van der Waals surface area contributed by atoms with Gasteiger partial charge >= 0.3 is 0 Å². The van der Waals surface area contributed by atoms with Gasteiger partial charge in [0, 0.05) is 18.5 Å². The zero-order valence-corrected chi connectivity index (χ0v) is 15.5. The molecule has 0 fully saturated rings. The van der Waals surface area contributed by atoms with E-state index in [1.165, 1.54) is 0 Å². The van der Waals surface area contributed by atoms with E-state index in [0.29, 0.717) is 13.0 Å². The van der Waals surface area contributed by atoms with Crippen LogP contribution < -0.4 is 15.8 Å². The fourth-order valence-corrected chi connectivity index (χ4v) is 2.48. The number of nitrogens with two attached hydrogens (primary N) is 1. The summed E-state index contributed by atoms with van der Waals surface area (Å²) in [6.45, 7) is 6.74. The molecule has 0 bridgehead atoms. The predicted molar refractivity (Wildman–Crippen MR) is 98.2 cm³/mol. The molecule has 0 heterocycles. The molecule has 3 N–H and O–H groups in total. The van der Waals surface area contributed by atoms with E-state index >= 15 is 0 Å². The fraction of sp³-hybridized carbons (Fsp3) is 0.611. The van der Waals surface area contributed by atoms with Gasteiger partial charge in [-0.1, -0.05) is 39.0 Å². The van der Waals surface area contributed by atoms with Crippen molar-refractivity contribution in [2.75, 3.05) is 13.7 Å². The van der Waals surface area contributed by atoms with Crippen molar-refractivity contribution in [2.24, 2.45) is 11.7 Å². The minimum atomic E-state index is -0.290. The Kier molecular flexibility index (Phi) is 9.93. The molecule has 0 aromatic heterocycles. The normalized spacial score (nSPS) is 12.2. The number of carbonyl (C=O) groups excluding carboxylic acids is 1. The molecule has 0 spiro atoms. The van der Waals surface area contributed by atoms with E-state index in [-0.39, 0.29) is 29.8 Å². The monoisotopic (exact) mass is 342 g/mol. The Morgan fingerprint density at radius 1 is 1.30 bits per heavy atom. The molecule has 23 heavy (non-hydrogen) atoms. The standard InChI is InChI=1S/C18H30N2O2.ClH/c1-5-18(19,6-2)13-20-17(21)12-14(3)11-15-9-7-8-10-16(15)22-4;/h7-10,14H,5-6,11-13,19H2,1-4H3,(H,20,21);1H. The maximum Gasteiger partial charge on any atom is 0.220 e. The summed E-state index contributed by atoms with van der Waals surface area (Å²) in [6, 6.07) is 7.95. The lowest BCUT2D eigenvalue weighted by Crippen LogP contribution is -2.49. The maximum atomic E-state index is 12.1. The zero-order valence-electron chi connectivity index (χ0n) is 14.7. The number of para-hydroxylation sites is 1. The van der Waals surface area contributed by atoms with Crippen molar-refractivity contribution in [3.63, 3.8) is 0 Å². The quantitative estimate of drug-likeness (QED) is 0.723. The summed E-state index contributed by atoms with van der Waals surface area (Å²) in [5.74, 6) is 1.21. The van der Waals surface area contributed by atoms with Gasteiger partial charge in [-0.2, -0.15) is 0 Å². The second-order valence-corrected chi connectivity index (χ2v) is 6.17. The molecule has 1 unspecified atom stereocenters. The smallest absolute Gasteiger partial charge is 0.220 e. The van der Waals surface area contributed by atoms with Crippen LogP contribution in [0.5, 0.6) is 5.75 Å². The highest BCUT2D eigenvalue weighted by Crippen LogP contribution is 2.22. The number of nitrogens with one attached hydrogen (secondary N) is 1. The second kappa shape index (κ2) is 10.5. The SMILES string of the molecule is CCC(N)(CC)CNC(=O)CC(C)Cc1ccccc1OC.Cl. The molecule has 1 amide bonds. The van der Waals surface area contributed by atoms with E-state index in [9.17, 15) is 4.79 Å². The van der Waals surface area contributed by atoms with Crippen molar-refractivity contribution >= 4 is 18.3 Å². The molecule has 1 aromatic rings. The molecular formula is C18H31ClN2O2. The summed E-state index contributed by atoms with van der Waals surface area (Å²) in [7, 11) is 1.67. The summed E-state index contributed by atoms with van der Waals surface area (Å²) in [5.41, 5.74) is 7.06. The number of rotatable bonds is 9. The molecule has 132 valence electrons. The molecule has 0 radical (unpaired) electrons. The highest BCUT2D eigenvalue weighted by molar-refractivity contribution is 5.85. The van der Waals surface area contributed by atoms with Crippen LogP contribution in [0, 0.1) is 5.92 Å². The van der Waals surface area contributed by atoms with Crippen molar-refractivity contribution in [3.05, 3.63) is 29.8 Å². The van der Waals surface area contributed by atoms with Gasteiger partial charge < -0.3 is 15.8 Å². The van der Waals surface area contributed by atoms with Crippen LogP contribution in [0.25, 0.3) is 0 Å². The third-order valence-electron chi connectivity index (χ3n) is 4.34. The molecular weight excluding hydrogens is 312 g/mol. The van der Waals surface area contributed by atoms with Gasteiger partial charge in [-0.25, -0.2) is 0 Å². The number of carbonyl (C=O) groups is 1. The highest BCUT2D eigenvalue weighted by Gasteiger charge is 2.21. The number of hydrogen-bond donors (Lipinski definition) is 2. The maximum absolute atomic E-state index is 12.1. The Bertz CT molecular complexity index is 476. The second-order valence-electron chi connectivity index (χ2n) is 6.17. The third kappa shape index (κ3) is 7.23. The van der Waals surface area contributed by atoms with E-state index < -0.39 is 0 Å². The molecule has 5 heteroatoms. The molecule has 0 aliphatic carbocycles. The molecule has 0 aliphatic heterocycles. The summed E-state index contributed by atoms with van der Waals surface area (Å²) in [4.78, 5) is 12.1. The van der Waals surface area contributed by atoms with Crippen LogP contribution in [-0.4, -0.2) is 25.1 Å². The van der Waals surface area contributed by atoms with E-state index in [0.717, 1.165) is 30.6 Å². The zero-order chi connectivity index (χ0) is 16.6. The van der Waals surface area contributed by atoms with Crippen LogP contribution in [0.3, 0.4) is 0 Å². The molecule has 0 saturated heterocycles. The number of halogens is 1. The first-order valence-electron chi connectivity index (χ1n) is 8.11. The van der Waals surface area contributed by atoms with Crippen LogP contribution in [0.1, 0.15) is 45.6 Å². The van der Waals surface area contributed by atoms with Crippen LogP contribution >= 0.6 is 12.4 Å². The van der Waals surface area contributed by atoms with Gasteiger partial charge in [-0.3, -0.25) is 4.79 Å². The predicted octanol–water partition coefficient (Wildman–Crippen LogP) is 3.32. The summed E-state index contributed by atoms with van der Waals surface area (Å²) >= 11 is 0. The van der Waals surface area contributed by atoms with Crippen molar-refractivity contribution < 1.29 is 9.53 Å². The lowest BCUT2D eigenvalue weighted by atomic mass is 9.93. The topological polar surface area (TPSA) is 64.3 Å². The molecule has 4 nitrogen and oxygen atoms in total. The highest BCUT2D eigenvalue weighted by atomic mass is 35.5. The number of methoxy groups -OCH3 is 1. The van der Waals surface area contributed by atoms with Crippen LogP contribution in [0.4, 0.5) is 0 Å². The van der Waals surface area contributed by atoms with E-state index in [2.05, 4.69) is 26.1 Å². The van der Waals surface area contributed by atoms with Gasteiger partial charge in [0.25, 0.3) is 0 Å². The Labute approximate surface area is 146 Å². The summed E-state index contributed by atoms with van der Waals surface area (Å²) in [6.07, 6.45) is 3.05. The molecule has 1 rings (SSSR count). The lowest BCUT2D eigenvalue weighted by molar-refractivity contribution is -0.122. The van der Waals surface area contributed by atoms with Gasteiger partial charge in [-0.05, 0) is 36.8 Å². The average molecular weight is 343 g/mol. The van der Waals surface area contributed by atoms with E-state index in [4.69, 9.17) is 10.5 Å². The van der Waals surface area contributed by atoms with Gasteiger partial charge in [0.05, 0.1) is 7.11 Å². The van der Waals surface area contributed by atoms with Gasteiger partial charge in [0.1, 0.15) is 5.75 Å². The molecule has 1 atom stereocenters. The first-order valence-corrected chi connectivity index (χ1v) is 8.11. The van der Waals surface area contributed by atoms with Crippen molar-refractivity contribution in [1.29, 1.82) is 0 Å². The fourth-order valence-electron chi connectivity index (χ4n) is 2.48. The Morgan fingerprint density at radius 3 is 2.48 bits per heavy atom. The van der Waals surface area contributed by atoms with Gasteiger partial charge in [-0.15, -0.1) is 12.4 Å². The number of amides is 1. The Morgan fingerprint density at radius 2 is 1.91 bits per heavy atom. The molecule has 1 aromatic carbocycles. The van der Waals surface area contributed by atoms with Crippen LogP contribution in [-0.2, 0) is 11.2 Å².